The van der Waals surface area contributed by atoms with Gasteiger partial charge in [0.1, 0.15) is 11.0 Å². The second-order valence-electron chi connectivity index (χ2n) is 6.81. The molecule has 2 rings (SSSR count). The largest absolute Gasteiger partial charge is 0.598 e. The van der Waals surface area contributed by atoms with E-state index in [9.17, 15) is 9.35 Å². The number of carbonyl (C=O) groups is 1. The van der Waals surface area contributed by atoms with Gasteiger partial charge in [0, 0.05) is 16.9 Å². The van der Waals surface area contributed by atoms with E-state index in [-0.39, 0.29) is 0 Å². The molecule has 0 spiro atoms. The molecule has 0 bridgehead atoms. The Bertz CT molecular complexity index is 651. The highest BCUT2D eigenvalue weighted by Crippen LogP contribution is 2.25. The summed E-state index contributed by atoms with van der Waals surface area (Å²) < 4.78 is 25.5. The summed E-state index contributed by atoms with van der Waals surface area (Å²) in [5.41, 5.74) is 2.89. The molecule has 5 nitrogen and oxygen atoms in total. The number of fused-ring (bicyclic) bond motifs is 1. The highest BCUT2D eigenvalue weighted by atomic mass is 32.2. The minimum atomic E-state index is -1.38. The molecule has 0 amide bonds. The number of benzene rings is 1. The van der Waals surface area contributed by atoms with E-state index in [0.717, 1.165) is 16.7 Å². The number of hydrogen-bond donors (Lipinski definition) is 1. The number of esters is 1. The molecule has 25 heavy (non-hydrogen) atoms. The van der Waals surface area contributed by atoms with Crippen molar-refractivity contribution in [3.63, 3.8) is 0 Å². The summed E-state index contributed by atoms with van der Waals surface area (Å²) in [5.74, 6) is -0.493. The smallest absolute Gasteiger partial charge is 0.332 e. The monoisotopic (exact) mass is 363 g/mol. The normalized spacial score (nSPS) is 18.3. The van der Waals surface area contributed by atoms with Crippen molar-refractivity contribution in [1.82, 2.24) is 4.72 Å². The third kappa shape index (κ3) is 5.44. The van der Waals surface area contributed by atoms with Crippen molar-refractivity contribution in [3.8, 4) is 0 Å². The molecule has 0 aliphatic carbocycles. The van der Waals surface area contributed by atoms with Gasteiger partial charge in [0.05, 0.1) is 13.2 Å². The van der Waals surface area contributed by atoms with Crippen molar-refractivity contribution < 1.29 is 18.8 Å². The van der Waals surface area contributed by atoms with Gasteiger partial charge in [-0.2, -0.15) is 0 Å². The van der Waals surface area contributed by atoms with Crippen LogP contribution in [0.15, 0.2) is 43.2 Å². The maximum absolute atomic E-state index is 12.4. The molecule has 0 fully saturated rings. The molecular weight excluding hydrogens is 338 g/mol. The first-order valence-corrected chi connectivity index (χ1v) is 9.32. The van der Waals surface area contributed by atoms with Gasteiger partial charge in [0.15, 0.2) is 6.04 Å². The lowest BCUT2D eigenvalue weighted by atomic mass is 10.00. The fourth-order valence-corrected chi connectivity index (χ4v) is 3.09. The average Bonchev–Trinajstić information content (AvgIpc) is 2.58. The van der Waals surface area contributed by atoms with Crippen LogP contribution in [0.1, 0.15) is 38.3 Å². The van der Waals surface area contributed by atoms with Crippen LogP contribution in [0.4, 0.5) is 0 Å². The maximum atomic E-state index is 12.4. The number of rotatable bonds is 6. The lowest BCUT2D eigenvalue weighted by Crippen LogP contribution is -2.48. The van der Waals surface area contributed by atoms with Crippen LogP contribution in [-0.4, -0.2) is 27.9 Å². The first-order chi connectivity index (χ1) is 11.8. The minimum absolute atomic E-state index is 0.330. The predicted octanol–water partition coefficient (Wildman–Crippen LogP) is 3.10. The number of ether oxygens (including phenoxy) is 2. The van der Waals surface area contributed by atoms with Gasteiger partial charge in [-0.3, -0.25) is 0 Å². The van der Waals surface area contributed by atoms with Crippen molar-refractivity contribution in [3.05, 3.63) is 54.3 Å². The molecule has 0 aromatic heterocycles. The fraction of sp³-hybridized carbons (Fsp3) is 0.421. The van der Waals surface area contributed by atoms with Gasteiger partial charge in [0.25, 0.3) is 0 Å². The topological polar surface area (TPSA) is 70.6 Å². The van der Waals surface area contributed by atoms with E-state index in [1.165, 1.54) is 6.26 Å². The Morgan fingerprint density at radius 3 is 2.84 bits per heavy atom. The first-order valence-electron chi connectivity index (χ1n) is 8.17. The van der Waals surface area contributed by atoms with Crippen molar-refractivity contribution in [2.24, 2.45) is 0 Å². The first kappa shape index (κ1) is 19.7. The molecule has 0 unspecified atom stereocenters. The maximum Gasteiger partial charge on any atom is 0.332 e. The number of carbonyl (C=O) groups excluding carboxylic acids is 1. The third-order valence-corrected chi connectivity index (χ3v) is 5.30. The number of hydrogen-bond acceptors (Lipinski definition) is 5. The van der Waals surface area contributed by atoms with Gasteiger partial charge in [-0.15, -0.1) is 11.3 Å². The Morgan fingerprint density at radius 2 is 2.16 bits per heavy atom. The lowest BCUT2D eigenvalue weighted by Gasteiger charge is -2.26. The fourth-order valence-electron chi connectivity index (χ4n) is 2.28. The van der Waals surface area contributed by atoms with E-state index in [1.54, 1.807) is 6.08 Å². The van der Waals surface area contributed by atoms with E-state index in [1.807, 2.05) is 45.0 Å². The Hall–Kier alpha value is -1.60. The average molecular weight is 363 g/mol. The summed E-state index contributed by atoms with van der Waals surface area (Å²) in [5, 5.41) is 0. The van der Waals surface area contributed by atoms with Crippen LogP contribution >= 0.6 is 0 Å². The zero-order valence-electron chi connectivity index (χ0n) is 14.9. The highest BCUT2D eigenvalue weighted by Gasteiger charge is 2.32. The van der Waals surface area contributed by atoms with Gasteiger partial charge in [-0.1, -0.05) is 30.3 Å². The van der Waals surface area contributed by atoms with Crippen molar-refractivity contribution >= 4 is 22.9 Å². The van der Waals surface area contributed by atoms with Gasteiger partial charge in [0.2, 0.25) is 0 Å². The van der Waals surface area contributed by atoms with Crippen LogP contribution < -0.4 is 4.72 Å². The van der Waals surface area contributed by atoms with E-state index >= 15 is 0 Å². The van der Waals surface area contributed by atoms with Crippen LogP contribution in [0.2, 0.25) is 0 Å². The Balaban J connectivity index is 2.08. The van der Waals surface area contributed by atoms with Gasteiger partial charge in [-0.25, -0.2) is 4.79 Å². The molecule has 2 atom stereocenters. The van der Waals surface area contributed by atoms with Crippen LogP contribution in [0, 0.1) is 0 Å². The molecule has 1 heterocycles. The molecule has 1 aliphatic heterocycles. The molecule has 1 N–H and O–H groups in total. The van der Waals surface area contributed by atoms with E-state index in [0.29, 0.717) is 19.6 Å². The Labute approximate surface area is 152 Å². The van der Waals surface area contributed by atoms with Crippen LogP contribution in [0.3, 0.4) is 0 Å². The van der Waals surface area contributed by atoms with E-state index in [4.69, 9.17) is 9.47 Å². The summed E-state index contributed by atoms with van der Waals surface area (Å²) in [6, 6.07) is 7.14. The Kier molecular flexibility index (Phi) is 6.84. The second kappa shape index (κ2) is 8.67. The van der Waals surface area contributed by atoms with Crippen molar-refractivity contribution in [2.45, 2.75) is 44.6 Å². The Morgan fingerprint density at radius 1 is 1.44 bits per heavy atom. The summed E-state index contributed by atoms with van der Waals surface area (Å²) >= 11 is -1.38. The van der Waals surface area contributed by atoms with Crippen LogP contribution in [-0.2, 0) is 32.2 Å². The zero-order valence-corrected chi connectivity index (χ0v) is 15.7. The van der Waals surface area contributed by atoms with Gasteiger partial charge >= 0.3 is 5.97 Å². The van der Waals surface area contributed by atoms with E-state index < -0.39 is 28.1 Å². The molecule has 136 valence electrons. The predicted molar refractivity (Wildman–Crippen MR) is 99.8 cm³/mol. The highest BCUT2D eigenvalue weighted by molar-refractivity contribution is 7.90. The van der Waals surface area contributed by atoms with Crippen molar-refractivity contribution in [2.75, 3.05) is 6.61 Å². The molecular formula is C19H25NO4S. The number of nitrogens with one attached hydrogen (secondary N) is 1. The standard InChI is InChI=1S/C19H25NO4S/c1-5-8-17(20-25(22)19(2,3)4)18(21)24-13-15-12-23-11-14-9-6-7-10-16(14)15/h5-7,9-10,13,17,20H,1,8,11-12H2,2-4H3/b15-13-/t17-,25-/m1/s1. The summed E-state index contributed by atoms with van der Waals surface area (Å²) in [6.07, 6.45) is 3.36. The second-order valence-corrected chi connectivity index (χ2v) is 8.80. The molecule has 0 saturated heterocycles. The quantitative estimate of drug-likeness (QED) is 0.364. The summed E-state index contributed by atoms with van der Waals surface area (Å²) in [6.45, 7) is 10.1. The van der Waals surface area contributed by atoms with E-state index in [2.05, 4.69) is 11.3 Å². The third-order valence-electron chi connectivity index (χ3n) is 3.69. The molecule has 6 heteroatoms. The molecule has 1 aromatic rings. The lowest BCUT2D eigenvalue weighted by molar-refractivity contribution is -0.139. The molecule has 1 aromatic carbocycles. The SMILES string of the molecule is C=CC[C@@H](N[S@+]([O-])C(C)(C)C)C(=O)O/C=C1/COCc2ccccc21. The molecule has 0 saturated carbocycles. The molecule has 1 aliphatic rings. The van der Waals surface area contributed by atoms with Crippen LogP contribution in [0.5, 0.6) is 0 Å². The van der Waals surface area contributed by atoms with Gasteiger partial charge < -0.3 is 14.0 Å². The minimum Gasteiger partial charge on any atom is -0.598 e. The van der Waals surface area contributed by atoms with Gasteiger partial charge in [-0.05, 0) is 38.3 Å². The summed E-state index contributed by atoms with van der Waals surface area (Å²) in [7, 11) is 0. The molecule has 0 radical (unpaired) electrons. The van der Waals surface area contributed by atoms with Crippen molar-refractivity contribution in [1.29, 1.82) is 0 Å². The summed E-state index contributed by atoms with van der Waals surface area (Å²) in [4.78, 5) is 12.4. The van der Waals surface area contributed by atoms with Crippen LogP contribution in [0.25, 0.3) is 5.57 Å². The zero-order chi connectivity index (χ0) is 18.4.